The molecule has 1 unspecified atom stereocenters. The SMILES string of the molecule is Cc1ccc(C(C)C)cc1C(CCCO)N(C)C. The van der Waals surface area contributed by atoms with E-state index in [2.05, 4.69) is 58.0 Å². The second kappa shape index (κ2) is 6.91. The predicted molar refractivity (Wildman–Crippen MR) is 78.0 cm³/mol. The fraction of sp³-hybridized carbons (Fsp3) is 0.625. The topological polar surface area (TPSA) is 23.5 Å². The molecular weight excluding hydrogens is 222 g/mol. The van der Waals surface area contributed by atoms with Crippen LogP contribution in [0.3, 0.4) is 0 Å². The molecule has 0 aliphatic heterocycles. The molecule has 0 aromatic heterocycles. The zero-order valence-corrected chi connectivity index (χ0v) is 12.4. The zero-order valence-electron chi connectivity index (χ0n) is 12.4. The number of benzene rings is 1. The summed E-state index contributed by atoms with van der Waals surface area (Å²) in [5, 5.41) is 9.04. The molecule has 2 nitrogen and oxygen atoms in total. The second-order valence-corrected chi connectivity index (χ2v) is 5.62. The molecule has 2 heteroatoms. The van der Waals surface area contributed by atoms with Gasteiger partial charge in [-0.25, -0.2) is 0 Å². The lowest BCUT2D eigenvalue weighted by atomic mass is 9.91. The Bertz CT molecular complexity index is 371. The van der Waals surface area contributed by atoms with Gasteiger partial charge in [0.05, 0.1) is 0 Å². The van der Waals surface area contributed by atoms with E-state index in [0.29, 0.717) is 12.0 Å². The summed E-state index contributed by atoms with van der Waals surface area (Å²) in [4.78, 5) is 2.25. The third-order valence-electron chi connectivity index (χ3n) is 3.59. The Morgan fingerprint density at radius 2 is 1.89 bits per heavy atom. The number of rotatable bonds is 6. The lowest BCUT2D eigenvalue weighted by Crippen LogP contribution is -2.21. The van der Waals surface area contributed by atoms with Gasteiger partial charge in [-0.1, -0.05) is 32.0 Å². The summed E-state index contributed by atoms with van der Waals surface area (Å²) in [5.41, 5.74) is 4.14. The first kappa shape index (κ1) is 15.2. The van der Waals surface area contributed by atoms with Crippen LogP contribution in [-0.2, 0) is 0 Å². The molecular formula is C16H27NO. The molecule has 0 bridgehead atoms. The van der Waals surface area contributed by atoms with Crippen molar-refractivity contribution in [2.45, 2.75) is 45.6 Å². The largest absolute Gasteiger partial charge is 0.396 e. The van der Waals surface area contributed by atoms with Crippen molar-refractivity contribution in [1.29, 1.82) is 0 Å². The molecule has 0 heterocycles. The van der Waals surface area contributed by atoms with Crippen molar-refractivity contribution in [1.82, 2.24) is 4.90 Å². The van der Waals surface area contributed by atoms with Gasteiger partial charge in [-0.3, -0.25) is 0 Å². The van der Waals surface area contributed by atoms with E-state index < -0.39 is 0 Å². The molecule has 1 rings (SSSR count). The molecule has 0 radical (unpaired) electrons. The van der Waals surface area contributed by atoms with Crippen LogP contribution in [0.4, 0.5) is 0 Å². The number of aliphatic hydroxyl groups excluding tert-OH is 1. The van der Waals surface area contributed by atoms with Crippen LogP contribution in [0.2, 0.25) is 0 Å². The first-order valence-corrected chi connectivity index (χ1v) is 6.85. The number of aryl methyl sites for hydroxylation is 1. The van der Waals surface area contributed by atoms with Crippen molar-refractivity contribution >= 4 is 0 Å². The number of hydrogen-bond donors (Lipinski definition) is 1. The quantitative estimate of drug-likeness (QED) is 0.834. The van der Waals surface area contributed by atoms with Crippen molar-refractivity contribution in [2.24, 2.45) is 0 Å². The van der Waals surface area contributed by atoms with Crippen molar-refractivity contribution in [3.05, 3.63) is 34.9 Å². The lowest BCUT2D eigenvalue weighted by Gasteiger charge is -2.27. The van der Waals surface area contributed by atoms with E-state index in [9.17, 15) is 0 Å². The van der Waals surface area contributed by atoms with Crippen LogP contribution in [-0.4, -0.2) is 30.7 Å². The van der Waals surface area contributed by atoms with Gasteiger partial charge in [-0.15, -0.1) is 0 Å². The van der Waals surface area contributed by atoms with Crippen molar-refractivity contribution < 1.29 is 5.11 Å². The molecule has 1 atom stereocenters. The Morgan fingerprint density at radius 3 is 2.39 bits per heavy atom. The molecule has 0 fully saturated rings. The van der Waals surface area contributed by atoms with E-state index in [1.54, 1.807) is 0 Å². The highest BCUT2D eigenvalue weighted by molar-refractivity contribution is 5.35. The summed E-state index contributed by atoms with van der Waals surface area (Å²) in [5.74, 6) is 0.560. The highest BCUT2D eigenvalue weighted by Gasteiger charge is 2.16. The minimum Gasteiger partial charge on any atom is -0.396 e. The van der Waals surface area contributed by atoms with Gasteiger partial charge in [-0.05, 0) is 56.5 Å². The fourth-order valence-corrected chi connectivity index (χ4v) is 2.35. The monoisotopic (exact) mass is 249 g/mol. The maximum Gasteiger partial charge on any atom is 0.0431 e. The second-order valence-electron chi connectivity index (χ2n) is 5.62. The van der Waals surface area contributed by atoms with Crippen molar-refractivity contribution in [3.63, 3.8) is 0 Å². The molecule has 0 aliphatic rings. The van der Waals surface area contributed by atoms with Crippen LogP contribution >= 0.6 is 0 Å². The van der Waals surface area contributed by atoms with Gasteiger partial charge in [0, 0.05) is 12.6 Å². The summed E-state index contributed by atoms with van der Waals surface area (Å²) in [6.07, 6.45) is 1.86. The summed E-state index contributed by atoms with van der Waals surface area (Å²) in [6, 6.07) is 7.18. The molecule has 0 saturated heterocycles. The Morgan fingerprint density at radius 1 is 1.22 bits per heavy atom. The summed E-state index contributed by atoms with van der Waals surface area (Å²) in [6.45, 7) is 6.90. The van der Waals surface area contributed by atoms with Gasteiger partial charge >= 0.3 is 0 Å². The Labute approximate surface area is 112 Å². The molecule has 102 valence electrons. The molecule has 0 spiro atoms. The molecule has 0 aliphatic carbocycles. The van der Waals surface area contributed by atoms with Gasteiger partial charge in [0.15, 0.2) is 0 Å². The van der Waals surface area contributed by atoms with Crippen LogP contribution in [0.5, 0.6) is 0 Å². The molecule has 0 amide bonds. The highest BCUT2D eigenvalue weighted by Crippen LogP contribution is 2.29. The van der Waals surface area contributed by atoms with Gasteiger partial charge in [0.25, 0.3) is 0 Å². The Kier molecular flexibility index (Phi) is 5.83. The zero-order chi connectivity index (χ0) is 13.7. The van der Waals surface area contributed by atoms with Crippen LogP contribution in [0.25, 0.3) is 0 Å². The predicted octanol–water partition coefficient (Wildman–Crippen LogP) is 3.49. The third-order valence-corrected chi connectivity index (χ3v) is 3.59. The standard InChI is InChI=1S/C16H27NO/c1-12(2)14-9-8-13(3)15(11-14)16(17(4)5)7-6-10-18/h8-9,11-12,16,18H,6-7,10H2,1-5H3. The molecule has 1 N–H and O–H groups in total. The van der Waals surface area contributed by atoms with Crippen molar-refractivity contribution in [2.75, 3.05) is 20.7 Å². The third kappa shape index (κ3) is 3.82. The minimum absolute atomic E-state index is 0.271. The average Bonchev–Trinajstić information content (AvgIpc) is 2.31. The van der Waals surface area contributed by atoms with E-state index in [0.717, 1.165) is 12.8 Å². The van der Waals surface area contributed by atoms with E-state index in [1.807, 2.05) is 0 Å². The normalized spacial score (nSPS) is 13.3. The number of hydrogen-bond acceptors (Lipinski definition) is 2. The summed E-state index contributed by atoms with van der Waals surface area (Å²) < 4.78 is 0. The van der Waals surface area contributed by atoms with Crippen LogP contribution in [0.1, 0.15) is 55.3 Å². The Hall–Kier alpha value is -0.860. The van der Waals surface area contributed by atoms with Crippen LogP contribution in [0.15, 0.2) is 18.2 Å². The minimum atomic E-state index is 0.271. The molecule has 18 heavy (non-hydrogen) atoms. The van der Waals surface area contributed by atoms with E-state index in [1.165, 1.54) is 16.7 Å². The summed E-state index contributed by atoms with van der Waals surface area (Å²) >= 11 is 0. The van der Waals surface area contributed by atoms with Gasteiger partial charge in [0.1, 0.15) is 0 Å². The maximum absolute atomic E-state index is 9.04. The van der Waals surface area contributed by atoms with E-state index in [-0.39, 0.29) is 6.61 Å². The van der Waals surface area contributed by atoms with Crippen LogP contribution < -0.4 is 0 Å². The lowest BCUT2D eigenvalue weighted by molar-refractivity contribution is 0.235. The average molecular weight is 249 g/mol. The maximum atomic E-state index is 9.04. The van der Waals surface area contributed by atoms with Gasteiger partial charge < -0.3 is 10.0 Å². The molecule has 0 saturated carbocycles. The highest BCUT2D eigenvalue weighted by atomic mass is 16.2. The molecule has 1 aromatic rings. The van der Waals surface area contributed by atoms with Crippen molar-refractivity contribution in [3.8, 4) is 0 Å². The first-order valence-electron chi connectivity index (χ1n) is 6.85. The van der Waals surface area contributed by atoms with E-state index in [4.69, 9.17) is 5.11 Å². The molecule has 1 aromatic carbocycles. The van der Waals surface area contributed by atoms with Crippen LogP contribution in [0, 0.1) is 6.92 Å². The summed E-state index contributed by atoms with van der Waals surface area (Å²) in [7, 11) is 4.23. The van der Waals surface area contributed by atoms with Gasteiger partial charge in [0.2, 0.25) is 0 Å². The fourth-order valence-electron chi connectivity index (χ4n) is 2.35. The first-order chi connectivity index (χ1) is 8.47. The number of nitrogens with zero attached hydrogens (tertiary/aromatic N) is 1. The van der Waals surface area contributed by atoms with E-state index >= 15 is 0 Å². The smallest absolute Gasteiger partial charge is 0.0431 e. The Balaban J connectivity index is 3.05. The number of aliphatic hydroxyl groups is 1. The van der Waals surface area contributed by atoms with Gasteiger partial charge in [-0.2, -0.15) is 0 Å².